The number of nitrogens with zero attached hydrogens (tertiary/aromatic N) is 2. The first-order chi connectivity index (χ1) is 22.7. The number of rotatable bonds is 19. The Morgan fingerprint density at radius 2 is 1.66 bits per heavy atom. The van der Waals surface area contributed by atoms with Crippen LogP contribution >= 0.6 is 11.8 Å². The van der Waals surface area contributed by atoms with Gasteiger partial charge in [-0.15, -0.1) is 0 Å². The minimum Gasteiger partial charge on any atom is -0.467 e. The van der Waals surface area contributed by atoms with E-state index in [0.717, 1.165) is 34.7 Å². The zero-order valence-corrected chi connectivity index (χ0v) is 29.0. The molecule has 0 fully saturated rings. The normalized spacial score (nSPS) is 11.3. The van der Waals surface area contributed by atoms with Gasteiger partial charge >= 0.3 is 5.97 Å². The van der Waals surface area contributed by atoms with Gasteiger partial charge in [0.2, 0.25) is 11.8 Å². The second kappa shape index (κ2) is 22.5. The van der Waals surface area contributed by atoms with Gasteiger partial charge in [0.1, 0.15) is 6.04 Å². The number of hydrogen-bond donors (Lipinski definition) is 2. The molecule has 0 aliphatic heterocycles. The lowest BCUT2D eigenvalue weighted by Crippen LogP contribution is -2.47. The number of nitro benzene ring substituents is 1. The topological polar surface area (TPSA) is 131 Å². The summed E-state index contributed by atoms with van der Waals surface area (Å²) in [6.07, 6.45) is 7.64. The molecule has 0 saturated carbocycles. The van der Waals surface area contributed by atoms with Crippen molar-refractivity contribution < 1.29 is 24.0 Å². The second-order valence-electron chi connectivity index (χ2n) is 11.3. The summed E-state index contributed by atoms with van der Waals surface area (Å²) in [6, 6.07) is 19.9. The molecule has 0 aliphatic carbocycles. The third kappa shape index (κ3) is 15.0. The number of ether oxygens (including phenoxy) is 1. The molecule has 256 valence electrons. The van der Waals surface area contributed by atoms with Crippen molar-refractivity contribution in [2.75, 3.05) is 38.8 Å². The number of hydrogen-bond acceptors (Lipinski definition) is 8. The quantitative estimate of drug-likeness (QED) is 0.0660. The molecule has 47 heavy (non-hydrogen) atoms. The highest BCUT2D eigenvalue weighted by atomic mass is 32.2. The van der Waals surface area contributed by atoms with Crippen LogP contribution in [0.1, 0.15) is 63.5 Å². The van der Waals surface area contributed by atoms with Gasteiger partial charge < -0.3 is 15.4 Å². The Kier molecular flexibility index (Phi) is 18.8. The molecule has 0 aliphatic rings. The monoisotopic (exact) mass is 666 g/mol. The van der Waals surface area contributed by atoms with E-state index in [4.69, 9.17) is 4.74 Å². The van der Waals surface area contributed by atoms with Crippen LogP contribution in [0.2, 0.25) is 0 Å². The molecule has 1 atom stereocenters. The molecule has 10 nitrogen and oxygen atoms in total. The molecule has 0 spiro atoms. The molecule has 3 rings (SSSR count). The van der Waals surface area contributed by atoms with Gasteiger partial charge in [-0.3, -0.25) is 24.6 Å². The van der Waals surface area contributed by atoms with E-state index in [1.807, 2.05) is 47.6 Å². The summed E-state index contributed by atoms with van der Waals surface area (Å²) in [6.45, 7) is 5.72. The van der Waals surface area contributed by atoms with Crippen LogP contribution in [-0.4, -0.2) is 72.4 Å². The van der Waals surface area contributed by atoms with E-state index < -0.39 is 16.9 Å². The zero-order chi connectivity index (χ0) is 34.4. The van der Waals surface area contributed by atoms with E-state index in [-0.39, 0.29) is 24.0 Å². The van der Waals surface area contributed by atoms with Crippen molar-refractivity contribution in [1.82, 2.24) is 15.5 Å². The van der Waals surface area contributed by atoms with Gasteiger partial charge in [0.15, 0.2) is 0 Å². The Morgan fingerprint density at radius 1 is 0.957 bits per heavy atom. The second-order valence-corrected chi connectivity index (χ2v) is 12.2. The highest BCUT2D eigenvalue weighted by molar-refractivity contribution is 7.98. The van der Waals surface area contributed by atoms with Gasteiger partial charge in [-0.05, 0) is 59.6 Å². The van der Waals surface area contributed by atoms with E-state index in [1.54, 1.807) is 23.9 Å². The van der Waals surface area contributed by atoms with Crippen molar-refractivity contribution in [2.45, 2.75) is 71.4 Å². The highest BCUT2D eigenvalue weighted by Gasteiger charge is 2.22. The number of nitrogens with one attached hydrogen (secondary N) is 2. The number of non-ortho nitro benzene ring substituents is 1. The van der Waals surface area contributed by atoms with Gasteiger partial charge in [-0.2, -0.15) is 11.8 Å². The Morgan fingerprint density at radius 3 is 2.32 bits per heavy atom. The summed E-state index contributed by atoms with van der Waals surface area (Å²) >= 11 is 1.59. The number of esters is 1. The van der Waals surface area contributed by atoms with Gasteiger partial charge in [-0.1, -0.05) is 81.3 Å². The Labute approximate surface area is 283 Å². The maximum absolute atomic E-state index is 13.1. The smallest absolute Gasteiger partial charge is 0.328 e. The minimum absolute atomic E-state index is 0.0566. The fourth-order valence-corrected chi connectivity index (χ4v) is 5.27. The number of nitro groups is 1. The SMILES string of the molecule is CCCC.COC(=O)[C@H](CCSC)NC(=O)CN(CCNC(=O)CCCCc1ccc([N+](=O)[O-])cc1)Cc1cccc2ccccc12. The maximum atomic E-state index is 13.1. The van der Waals surface area contributed by atoms with Crippen molar-refractivity contribution in [3.8, 4) is 0 Å². The lowest BCUT2D eigenvalue weighted by Gasteiger charge is -2.24. The Hall–Kier alpha value is -3.96. The Balaban J connectivity index is 0.00000181. The largest absolute Gasteiger partial charge is 0.467 e. The molecule has 2 N–H and O–H groups in total. The van der Waals surface area contributed by atoms with E-state index >= 15 is 0 Å². The number of unbranched alkanes of at least 4 members (excludes halogenated alkanes) is 2. The fourth-order valence-electron chi connectivity index (χ4n) is 4.80. The van der Waals surface area contributed by atoms with Gasteiger partial charge in [0, 0.05) is 38.2 Å². The predicted octanol–water partition coefficient (Wildman–Crippen LogP) is 6.30. The van der Waals surface area contributed by atoms with Gasteiger partial charge in [0.25, 0.3) is 5.69 Å². The van der Waals surface area contributed by atoms with Crippen LogP contribution in [0, 0.1) is 10.1 Å². The summed E-state index contributed by atoms with van der Waals surface area (Å²) in [5.74, 6) is -0.112. The average Bonchev–Trinajstić information content (AvgIpc) is 3.08. The summed E-state index contributed by atoms with van der Waals surface area (Å²) in [4.78, 5) is 50.2. The van der Waals surface area contributed by atoms with Crippen molar-refractivity contribution in [3.63, 3.8) is 0 Å². The Bertz CT molecular complexity index is 1390. The van der Waals surface area contributed by atoms with Crippen LogP contribution in [0.5, 0.6) is 0 Å². The molecule has 0 aromatic heterocycles. The number of carbonyl (C=O) groups is 3. The van der Waals surface area contributed by atoms with Crippen LogP contribution in [0.25, 0.3) is 10.8 Å². The van der Waals surface area contributed by atoms with Gasteiger partial charge in [-0.25, -0.2) is 4.79 Å². The molecule has 0 unspecified atom stereocenters. The summed E-state index contributed by atoms with van der Waals surface area (Å²) in [7, 11) is 1.31. The highest BCUT2D eigenvalue weighted by Crippen LogP contribution is 2.20. The van der Waals surface area contributed by atoms with Crippen LogP contribution in [-0.2, 0) is 32.1 Å². The summed E-state index contributed by atoms with van der Waals surface area (Å²) < 4.78 is 4.88. The van der Waals surface area contributed by atoms with Crippen molar-refractivity contribution in [2.24, 2.45) is 0 Å². The zero-order valence-electron chi connectivity index (χ0n) is 28.2. The van der Waals surface area contributed by atoms with Crippen LogP contribution in [0.15, 0.2) is 66.7 Å². The van der Waals surface area contributed by atoms with Crippen LogP contribution < -0.4 is 10.6 Å². The van der Waals surface area contributed by atoms with E-state index in [9.17, 15) is 24.5 Å². The maximum Gasteiger partial charge on any atom is 0.328 e. The molecule has 0 saturated heterocycles. The summed E-state index contributed by atoms with van der Waals surface area (Å²) in [5.41, 5.74) is 2.13. The standard InChI is InChI=1S/C32H40N4O6S.C4H10/c1-42-32(39)29(18-21-43-2)34-31(38)23-35(22-26-11-7-10-25-9-4-5-12-28(25)26)20-19-33-30(37)13-6-3-8-24-14-16-27(17-15-24)36(40)41;1-3-4-2/h4-5,7,9-12,14-17,29H,3,6,8,13,18-23H2,1-2H3,(H,33,37)(H,34,38);3-4H2,1-2H3/t29-;/m0./s1. The molecular weight excluding hydrogens is 616 g/mol. The first kappa shape index (κ1) is 39.2. The van der Waals surface area contributed by atoms with E-state index in [0.29, 0.717) is 44.6 Å². The molecule has 0 heterocycles. The van der Waals surface area contributed by atoms with Crippen molar-refractivity contribution >= 4 is 46.0 Å². The number of carbonyl (C=O) groups excluding carboxylic acids is 3. The van der Waals surface area contributed by atoms with Crippen LogP contribution in [0.3, 0.4) is 0 Å². The number of fused-ring (bicyclic) bond motifs is 1. The molecule has 3 aromatic carbocycles. The minimum atomic E-state index is -0.713. The first-order valence-electron chi connectivity index (χ1n) is 16.3. The number of methoxy groups -OCH3 is 1. The molecule has 11 heteroatoms. The van der Waals surface area contributed by atoms with Crippen molar-refractivity contribution in [3.05, 3.63) is 88.0 Å². The fraction of sp³-hybridized carbons (Fsp3) is 0.472. The molecule has 3 aromatic rings. The van der Waals surface area contributed by atoms with Gasteiger partial charge in [0.05, 0.1) is 18.6 Å². The molecular formula is C36H50N4O6S. The lowest BCUT2D eigenvalue weighted by molar-refractivity contribution is -0.384. The molecule has 0 radical (unpaired) electrons. The van der Waals surface area contributed by atoms with Crippen LogP contribution in [0.4, 0.5) is 5.69 Å². The first-order valence-corrected chi connectivity index (χ1v) is 17.7. The van der Waals surface area contributed by atoms with E-state index in [1.165, 1.54) is 32.1 Å². The number of thioether (sulfide) groups is 1. The predicted molar refractivity (Wildman–Crippen MR) is 190 cm³/mol. The average molecular weight is 667 g/mol. The molecule has 2 amide bonds. The third-order valence-electron chi connectivity index (χ3n) is 7.59. The summed E-state index contributed by atoms with van der Waals surface area (Å²) in [5, 5.41) is 18.8. The third-order valence-corrected chi connectivity index (χ3v) is 8.23. The molecule has 0 bridgehead atoms. The van der Waals surface area contributed by atoms with Crippen molar-refractivity contribution in [1.29, 1.82) is 0 Å². The number of amides is 2. The van der Waals surface area contributed by atoms with E-state index in [2.05, 4.69) is 30.5 Å². The number of benzene rings is 3. The number of aryl methyl sites for hydroxylation is 1. The lowest BCUT2D eigenvalue weighted by atomic mass is 10.0.